The molecule has 0 amide bonds. The summed E-state index contributed by atoms with van der Waals surface area (Å²) in [5.74, 6) is 0. The monoisotopic (exact) mass is 211 g/mol. The average Bonchev–Trinajstić information content (AvgIpc) is 2.16. The lowest BCUT2D eigenvalue weighted by Crippen LogP contribution is -1.94. The van der Waals surface area contributed by atoms with E-state index in [1.165, 1.54) is 6.07 Å². The number of thiol groups is 1. The summed E-state index contributed by atoms with van der Waals surface area (Å²) in [6.45, 7) is 2.09. The maximum absolute atomic E-state index is 10.6. The molecule has 0 aromatic heterocycles. The number of nitro groups is 1. The maximum Gasteiger partial charge on any atom is 0.282 e. The van der Waals surface area contributed by atoms with Crippen LogP contribution in [0.2, 0.25) is 0 Å². The molecule has 0 unspecified atom stereocenters. The summed E-state index contributed by atoms with van der Waals surface area (Å²) in [6.07, 6.45) is 2.97. The molecule has 0 fully saturated rings. The van der Waals surface area contributed by atoms with Crippen molar-refractivity contribution >= 4 is 18.3 Å². The second-order valence-corrected chi connectivity index (χ2v) is 3.59. The van der Waals surface area contributed by atoms with Crippen LogP contribution in [-0.4, -0.2) is 4.92 Å². The standard InChI is InChI=1S/C10H13NO2S/c1-2-3-5-8-6-4-7-9(10(8)14)11(12)13/h4,6-7,14H,2-3,5H2,1H3. The molecule has 76 valence electrons. The molecule has 0 heterocycles. The van der Waals surface area contributed by atoms with E-state index in [0.29, 0.717) is 4.90 Å². The van der Waals surface area contributed by atoms with Gasteiger partial charge in [-0.05, 0) is 18.4 Å². The van der Waals surface area contributed by atoms with E-state index >= 15 is 0 Å². The summed E-state index contributed by atoms with van der Waals surface area (Å²) in [4.78, 5) is 10.7. The molecule has 1 aromatic carbocycles. The van der Waals surface area contributed by atoms with Crippen molar-refractivity contribution in [3.05, 3.63) is 33.9 Å². The van der Waals surface area contributed by atoms with Gasteiger partial charge in [0.1, 0.15) is 0 Å². The van der Waals surface area contributed by atoms with Crippen LogP contribution in [0.1, 0.15) is 25.3 Å². The Balaban J connectivity index is 2.95. The highest BCUT2D eigenvalue weighted by atomic mass is 32.1. The number of hydrogen-bond acceptors (Lipinski definition) is 3. The van der Waals surface area contributed by atoms with Crippen molar-refractivity contribution < 1.29 is 4.92 Å². The van der Waals surface area contributed by atoms with Gasteiger partial charge in [-0.1, -0.05) is 25.5 Å². The molecular weight excluding hydrogens is 198 g/mol. The van der Waals surface area contributed by atoms with Gasteiger partial charge in [0, 0.05) is 6.07 Å². The summed E-state index contributed by atoms with van der Waals surface area (Å²) < 4.78 is 0. The molecule has 0 aliphatic heterocycles. The summed E-state index contributed by atoms with van der Waals surface area (Å²) >= 11 is 4.18. The Morgan fingerprint density at radius 1 is 1.50 bits per heavy atom. The van der Waals surface area contributed by atoms with Crippen molar-refractivity contribution in [2.75, 3.05) is 0 Å². The van der Waals surface area contributed by atoms with Crippen molar-refractivity contribution in [1.29, 1.82) is 0 Å². The Kier molecular flexibility index (Phi) is 3.95. The van der Waals surface area contributed by atoms with E-state index < -0.39 is 4.92 Å². The van der Waals surface area contributed by atoms with Crippen molar-refractivity contribution in [3.8, 4) is 0 Å². The topological polar surface area (TPSA) is 43.1 Å². The van der Waals surface area contributed by atoms with E-state index in [0.717, 1.165) is 24.8 Å². The minimum absolute atomic E-state index is 0.0990. The molecule has 0 aliphatic carbocycles. The Labute approximate surface area is 88.7 Å². The van der Waals surface area contributed by atoms with Gasteiger partial charge in [0.15, 0.2) is 0 Å². The lowest BCUT2D eigenvalue weighted by molar-refractivity contribution is -0.387. The van der Waals surface area contributed by atoms with E-state index in [1.807, 2.05) is 6.07 Å². The molecule has 4 heteroatoms. The van der Waals surface area contributed by atoms with Crippen LogP contribution in [0.3, 0.4) is 0 Å². The van der Waals surface area contributed by atoms with Gasteiger partial charge in [-0.25, -0.2) is 0 Å². The van der Waals surface area contributed by atoms with Crippen molar-refractivity contribution in [3.63, 3.8) is 0 Å². The Morgan fingerprint density at radius 3 is 2.79 bits per heavy atom. The summed E-state index contributed by atoms with van der Waals surface area (Å²) in [6, 6.07) is 5.09. The molecule has 0 N–H and O–H groups in total. The molecule has 0 atom stereocenters. The van der Waals surface area contributed by atoms with E-state index in [1.54, 1.807) is 6.07 Å². The highest BCUT2D eigenvalue weighted by Crippen LogP contribution is 2.26. The van der Waals surface area contributed by atoms with E-state index in [-0.39, 0.29) is 5.69 Å². The number of aryl methyl sites for hydroxylation is 1. The third-order valence-corrected chi connectivity index (χ3v) is 2.61. The first-order chi connectivity index (χ1) is 6.66. The van der Waals surface area contributed by atoms with Crippen LogP contribution >= 0.6 is 12.6 Å². The van der Waals surface area contributed by atoms with Crippen molar-refractivity contribution in [2.24, 2.45) is 0 Å². The molecule has 0 spiro atoms. The quantitative estimate of drug-likeness (QED) is 0.472. The van der Waals surface area contributed by atoms with Crippen LogP contribution in [0.5, 0.6) is 0 Å². The van der Waals surface area contributed by atoms with Gasteiger partial charge >= 0.3 is 0 Å². The number of rotatable bonds is 4. The average molecular weight is 211 g/mol. The molecule has 0 radical (unpaired) electrons. The van der Waals surface area contributed by atoms with Crippen LogP contribution < -0.4 is 0 Å². The lowest BCUT2D eigenvalue weighted by Gasteiger charge is -2.03. The van der Waals surface area contributed by atoms with Crippen molar-refractivity contribution in [1.82, 2.24) is 0 Å². The number of benzene rings is 1. The zero-order valence-corrected chi connectivity index (χ0v) is 8.96. The fraction of sp³-hybridized carbons (Fsp3) is 0.400. The SMILES string of the molecule is CCCCc1cccc([N+](=O)[O-])c1S. The minimum Gasteiger partial charge on any atom is -0.258 e. The van der Waals surface area contributed by atoms with Gasteiger partial charge < -0.3 is 0 Å². The van der Waals surface area contributed by atoms with Gasteiger partial charge in [0.2, 0.25) is 0 Å². The highest BCUT2D eigenvalue weighted by Gasteiger charge is 2.13. The third kappa shape index (κ3) is 2.48. The van der Waals surface area contributed by atoms with Gasteiger partial charge in [0.05, 0.1) is 9.82 Å². The Morgan fingerprint density at radius 2 is 2.21 bits per heavy atom. The number of nitro benzene ring substituents is 1. The van der Waals surface area contributed by atoms with Gasteiger partial charge in [-0.3, -0.25) is 10.1 Å². The predicted molar refractivity (Wildman–Crippen MR) is 59.0 cm³/mol. The van der Waals surface area contributed by atoms with Crippen molar-refractivity contribution in [2.45, 2.75) is 31.1 Å². The zero-order valence-electron chi connectivity index (χ0n) is 8.06. The number of nitrogens with zero attached hydrogens (tertiary/aromatic N) is 1. The molecule has 0 saturated heterocycles. The molecule has 1 rings (SSSR count). The zero-order chi connectivity index (χ0) is 10.6. The largest absolute Gasteiger partial charge is 0.282 e. The molecular formula is C10H13NO2S. The second kappa shape index (κ2) is 5.00. The fourth-order valence-corrected chi connectivity index (χ4v) is 1.64. The number of unbranched alkanes of at least 4 members (excludes halogenated alkanes) is 1. The normalized spacial score (nSPS) is 10.1. The smallest absolute Gasteiger partial charge is 0.258 e. The van der Waals surface area contributed by atoms with Gasteiger partial charge in [-0.2, -0.15) is 0 Å². The summed E-state index contributed by atoms with van der Waals surface area (Å²) in [5.41, 5.74) is 1.06. The second-order valence-electron chi connectivity index (χ2n) is 3.15. The van der Waals surface area contributed by atoms with Crippen LogP contribution in [0.4, 0.5) is 5.69 Å². The molecule has 1 aromatic rings. The third-order valence-electron chi connectivity index (χ3n) is 2.09. The van der Waals surface area contributed by atoms with Crippen LogP contribution in [0.25, 0.3) is 0 Å². The lowest BCUT2D eigenvalue weighted by atomic mass is 10.1. The highest BCUT2D eigenvalue weighted by molar-refractivity contribution is 7.80. The fourth-order valence-electron chi connectivity index (χ4n) is 1.29. The van der Waals surface area contributed by atoms with E-state index in [2.05, 4.69) is 19.6 Å². The molecule has 0 bridgehead atoms. The first-order valence-corrected chi connectivity index (χ1v) is 5.06. The Hall–Kier alpha value is -1.03. The van der Waals surface area contributed by atoms with Crippen LogP contribution in [-0.2, 0) is 6.42 Å². The van der Waals surface area contributed by atoms with Crippen LogP contribution in [0, 0.1) is 10.1 Å². The van der Waals surface area contributed by atoms with Gasteiger partial charge in [0.25, 0.3) is 5.69 Å². The predicted octanol–water partition coefficient (Wildman–Crippen LogP) is 3.23. The molecule has 0 aliphatic rings. The first kappa shape index (κ1) is 11.0. The van der Waals surface area contributed by atoms with E-state index in [9.17, 15) is 10.1 Å². The maximum atomic E-state index is 10.6. The molecule has 0 saturated carbocycles. The summed E-state index contributed by atoms with van der Waals surface area (Å²) in [7, 11) is 0. The number of hydrogen-bond donors (Lipinski definition) is 1. The minimum atomic E-state index is -0.391. The molecule has 14 heavy (non-hydrogen) atoms. The molecule has 3 nitrogen and oxygen atoms in total. The summed E-state index contributed by atoms with van der Waals surface area (Å²) in [5, 5.41) is 10.6. The Bertz CT molecular complexity index is 339. The first-order valence-electron chi connectivity index (χ1n) is 4.62. The van der Waals surface area contributed by atoms with Gasteiger partial charge in [-0.15, -0.1) is 12.6 Å². The van der Waals surface area contributed by atoms with E-state index in [4.69, 9.17) is 0 Å². The van der Waals surface area contributed by atoms with Crippen LogP contribution in [0.15, 0.2) is 23.1 Å².